The van der Waals surface area contributed by atoms with Crippen molar-refractivity contribution < 1.29 is 9.53 Å². The van der Waals surface area contributed by atoms with Crippen LogP contribution in [-0.4, -0.2) is 15.7 Å². The molecule has 0 aliphatic heterocycles. The first kappa shape index (κ1) is 14.4. The zero-order valence-corrected chi connectivity index (χ0v) is 12.1. The van der Waals surface area contributed by atoms with Crippen LogP contribution in [0.2, 0.25) is 5.02 Å². The minimum Gasteiger partial charge on any atom is -0.456 e. The molecule has 0 unspecified atom stereocenters. The number of carbonyl (C=O) groups is 1. The van der Waals surface area contributed by atoms with Crippen LogP contribution < -0.4 is 5.73 Å². The monoisotopic (exact) mass is 293 g/mol. The number of aromatic nitrogens is 2. The minimum atomic E-state index is -0.489. The minimum absolute atomic E-state index is 0.144. The summed E-state index contributed by atoms with van der Waals surface area (Å²) in [6.07, 6.45) is 0.668. The molecule has 6 heteroatoms. The van der Waals surface area contributed by atoms with E-state index < -0.39 is 5.97 Å². The number of aryl methyl sites for hydroxylation is 2. The number of carbonyl (C=O) groups excluding carboxylic acids is 1. The molecule has 1 aromatic carbocycles. The van der Waals surface area contributed by atoms with E-state index in [0.29, 0.717) is 22.8 Å². The van der Waals surface area contributed by atoms with E-state index in [4.69, 9.17) is 22.1 Å². The lowest BCUT2D eigenvalue weighted by atomic mass is 10.2. The summed E-state index contributed by atoms with van der Waals surface area (Å²) in [6, 6.07) is 7.15. The van der Waals surface area contributed by atoms with E-state index in [2.05, 4.69) is 5.10 Å². The second-order valence-corrected chi connectivity index (χ2v) is 4.83. The zero-order chi connectivity index (χ0) is 14.7. The Bertz CT molecular complexity index is 637. The molecule has 20 heavy (non-hydrogen) atoms. The van der Waals surface area contributed by atoms with Gasteiger partial charge in [0.15, 0.2) is 5.69 Å². The van der Waals surface area contributed by atoms with Gasteiger partial charge < -0.3 is 10.5 Å². The van der Waals surface area contributed by atoms with E-state index >= 15 is 0 Å². The van der Waals surface area contributed by atoms with Crippen LogP contribution in [0.15, 0.2) is 24.3 Å². The molecule has 0 atom stereocenters. The fourth-order valence-corrected chi connectivity index (χ4v) is 2.16. The highest BCUT2D eigenvalue weighted by molar-refractivity contribution is 6.30. The average Bonchev–Trinajstić information content (AvgIpc) is 2.71. The van der Waals surface area contributed by atoms with Crippen LogP contribution in [0.25, 0.3) is 0 Å². The molecule has 0 amide bonds. The Hall–Kier alpha value is -2.01. The van der Waals surface area contributed by atoms with Gasteiger partial charge in [0, 0.05) is 12.1 Å². The zero-order valence-electron chi connectivity index (χ0n) is 11.4. The lowest BCUT2D eigenvalue weighted by Crippen LogP contribution is -2.12. The maximum Gasteiger partial charge on any atom is 0.359 e. The first-order valence-corrected chi connectivity index (χ1v) is 6.63. The van der Waals surface area contributed by atoms with Crippen molar-refractivity contribution in [1.82, 2.24) is 9.78 Å². The van der Waals surface area contributed by atoms with Crippen molar-refractivity contribution in [3.63, 3.8) is 0 Å². The van der Waals surface area contributed by atoms with E-state index in [1.165, 1.54) is 4.68 Å². The van der Waals surface area contributed by atoms with E-state index in [9.17, 15) is 4.79 Å². The van der Waals surface area contributed by atoms with Crippen molar-refractivity contribution in [3.05, 3.63) is 46.2 Å². The summed E-state index contributed by atoms with van der Waals surface area (Å²) in [5.74, 6) is -0.489. The molecule has 0 radical (unpaired) electrons. The molecule has 0 bridgehead atoms. The predicted octanol–water partition coefficient (Wildman–Crippen LogP) is 2.58. The number of anilines is 1. The van der Waals surface area contributed by atoms with Crippen molar-refractivity contribution in [2.24, 2.45) is 7.05 Å². The van der Waals surface area contributed by atoms with Crippen LogP contribution in [0.4, 0.5) is 5.69 Å². The highest BCUT2D eigenvalue weighted by Crippen LogP contribution is 2.19. The van der Waals surface area contributed by atoms with Gasteiger partial charge in [0.1, 0.15) is 6.61 Å². The van der Waals surface area contributed by atoms with Crippen LogP contribution in [0.1, 0.15) is 28.7 Å². The summed E-state index contributed by atoms with van der Waals surface area (Å²) in [5, 5.41) is 4.79. The van der Waals surface area contributed by atoms with Gasteiger partial charge in [-0.1, -0.05) is 30.7 Å². The van der Waals surface area contributed by atoms with Crippen LogP contribution in [0.3, 0.4) is 0 Å². The number of nitrogens with two attached hydrogens (primary N) is 1. The van der Waals surface area contributed by atoms with Crippen molar-refractivity contribution in [1.29, 1.82) is 0 Å². The van der Waals surface area contributed by atoms with Gasteiger partial charge in [0.2, 0.25) is 0 Å². The first-order chi connectivity index (χ1) is 9.52. The van der Waals surface area contributed by atoms with Crippen LogP contribution >= 0.6 is 11.6 Å². The van der Waals surface area contributed by atoms with Gasteiger partial charge in [0.25, 0.3) is 0 Å². The fourth-order valence-electron chi connectivity index (χ4n) is 1.94. The number of ether oxygens (including phenoxy) is 1. The van der Waals surface area contributed by atoms with Crippen LogP contribution in [0.5, 0.6) is 0 Å². The molecule has 0 spiro atoms. The number of halogens is 1. The number of benzene rings is 1. The maximum absolute atomic E-state index is 12.1. The van der Waals surface area contributed by atoms with E-state index in [1.54, 1.807) is 25.2 Å². The summed E-state index contributed by atoms with van der Waals surface area (Å²) in [4.78, 5) is 12.1. The molecule has 0 aliphatic rings. The maximum atomic E-state index is 12.1. The lowest BCUT2D eigenvalue weighted by molar-refractivity contribution is 0.0461. The quantitative estimate of drug-likeness (QED) is 0.880. The van der Waals surface area contributed by atoms with Gasteiger partial charge in [-0.2, -0.15) is 5.10 Å². The Balaban J connectivity index is 2.11. The molecule has 5 nitrogen and oxygen atoms in total. The van der Waals surface area contributed by atoms with Crippen molar-refractivity contribution in [3.8, 4) is 0 Å². The molecule has 1 aromatic heterocycles. The molecule has 106 valence electrons. The number of nitrogen functional groups attached to an aromatic ring is 1. The number of hydrogen-bond donors (Lipinski definition) is 1. The third-order valence-corrected chi connectivity index (χ3v) is 3.18. The van der Waals surface area contributed by atoms with Crippen molar-refractivity contribution in [2.75, 3.05) is 5.73 Å². The van der Waals surface area contributed by atoms with Gasteiger partial charge in [-0.05, 0) is 24.1 Å². The summed E-state index contributed by atoms with van der Waals surface area (Å²) >= 11 is 5.88. The highest BCUT2D eigenvalue weighted by Gasteiger charge is 2.20. The van der Waals surface area contributed by atoms with Gasteiger partial charge in [-0.3, -0.25) is 4.68 Å². The Morgan fingerprint density at radius 1 is 1.50 bits per heavy atom. The molecular formula is C14H16ClN3O2. The molecule has 2 rings (SSSR count). The highest BCUT2D eigenvalue weighted by atomic mass is 35.5. The summed E-state index contributed by atoms with van der Waals surface area (Å²) in [6.45, 7) is 2.07. The fraction of sp³-hybridized carbons (Fsp3) is 0.286. The topological polar surface area (TPSA) is 70.1 Å². The van der Waals surface area contributed by atoms with Gasteiger partial charge in [-0.15, -0.1) is 0 Å². The van der Waals surface area contributed by atoms with Crippen molar-refractivity contribution in [2.45, 2.75) is 20.0 Å². The smallest absolute Gasteiger partial charge is 0.359 e. The summed E-state index contributed by atoms with van der Waals surface area (Å²) in [7, 11) is 1.67. The molecule has 0 fully saturated rings. The average molecular weight is 294 g/mol. The molecule has 0 saturated heterocycles. The number of nitrogens with zero attached hydrogens (tertiary/aromatic N) is 2. The lowest BCUT2D eigenvalue weighted by Gasteiger charge is -2.06. The van der Waals surface area contributed by atoms with E-state index in [1.807, 2.05) is 13.0 Å². The number of esters is 1. The molecule has 2 aromatic rings. The van der Waals surface area contributed by atoms with Gasteiger partial charge >= 0.3 is 5.97 Å². The van der Waals surface area contributed by atoms with Crippen molar-refractivity contribution >= 4 is 23.3 Å². The molecule has 0 aliphatic carbocycles. The van der Waals surface area contributed by atoms with E-state index in [-0.39, 0.29) is 12.3 Å². The van der Waals surface area contributed by atoms with Gasteiger partial charge in [0.05, 0.1) is 11.4 Å². The first-order valence-electron chi connectivity index (χ1n) is 6.25. The molecule has 0 saturated carbocycles. The van der Waals surface area contributed by atoms with Gasteiger partial charge in [-0.25, -0.2) is 4.79 Å². The third-order valence-electron chi connectivity index (χ3n) is 2.95. The SMILES string of the molecule is CCc1nn(C)c(C(=O)OCc2cccc(Cl)c2)c1N. The Kier molecular flexibility index (Phi) is 4.29. The van der Waals surface area contributed by atoms with Crippen LogP contribution in [0, 0.1) is 0 Å². The molecule has 1 heterocycles. The largest absolute Gasteiger partial charge is 0.456 e. The second kappa shape index (κ2) is 5.96. The van der Waals surface area contributed by atoms with Crippen LogP contribution in [-0.2, 0) is 24.8 Å². The number of rotatable bonds is 4. The molecular weight excluding hydrogens is 278 g/mol. The Morgan fingerprint density at radius 3 is 2.85 bits per heavy atom. The second-order valence-electron chi connectivity index (χ2n) is 4.39. The predicted molar refractivity (Wildman–Crippen MR) is 77.6 cm³/mol. The van der Waals surface area contributed by atoms with E-state index in [0.717, 1.165) is 5.56 Å². The molecule has 2 N–H and O–H groups in total. The summed E-state index contributed by atoms with van der Waals surface area (Å²) < 4.78 is 6.70. The third kappa shape index (κ3) is 2.93. The summed E-state index contributed by atoms with van der Waals surface area (Å²) in [5.41, 5.74) is 8.08. The number of hydrogen-bond acceptors (Lipinski definition) is 4. The Labute approximate surface area is 122 Å². The normalized spacial score (nSPS) is 10.6. The standard InChI is InChI=1S/C14H16ClN3O2/c1-3-11-12(16)13(18(2)17-11)14(19)20-8-9-5-4-6-10(15)7-9/h4-7H,3,8,16H2,1-2H3. The Morgan fingerprint density at radius 2 is 2.25 bits per heavy atom.